The first kappa shape index (κ1) is 21.5. The van der Waals surface area contributed by atoms with Gasteiger partial charge in [0.05, 0.1) is 17.6 Å². The van der Waals surface area contributed by atoms with Crippen LogP contribution in [0, 0.1) is 0 Å². The predicted octanol–water partition coefficient (Wildman–Crippen LogP) is 3.82. The van der Waals surface area contributed by atoms with Gasteiger partial charge < -0.3 is 5.32 Å². The Morgan fingerprint density at radius 3 is 2.70 bits per heavy atom. The molecule has 1 aromatic carbocycles. The quantitative estimate of drug-likeness (QED) is 0.703. The third-order valence-electron chi connectivity index (χ3n) is 4.63. The van der Waals surface area contributed by atoms with Crippen molar-refractivity contribution in [1.29, 1.82) is 0 Å². The van der Waals surface area contributed by atoms with Crippen molar-refractivity contribution in [2.75, 3.05) is 19.6 Å². The molecule has 2 aromatic heterocycles. The Bertz CT molecular complexity index is 859. The number of benzene rings is 1. The molecule has 1 N–H and O–H groups in total. The minimum Gasteiger partial charge on any atom is -0.314 e. The zero-order valence-electron chi connectivity index (χ0n) is 14.5. The molecule has 5 nitrogen and oxygen atoms in total. The van der Waals surface area contributed by atoms with Crippen LogP contribution in [0.2, 0.25) is 0 Å². The molecular weight excluding hydrogens is 395 g/mol. The van der Waals surface area contributed by atoms with Crippen molar-refractivity contribution in [1.82, 2.24) is 24.8 Å². The van der Waals surface area contributed by atoms with Crippen LogP contribution in [0.15, 0.2) is 48.8 Å². The van der Waals surface area contributed by atoms with Gasteiger partial charge in [-0.05, 0) is 23.8 Å². The lowest BCUT2D eigenvalue weighted by molar-refractivity contribution is 0.0647. The van der Waals surface area contributed by atoms with Crippen molar-refractivity contribution in [2.24, 2.45) is 0 Å². The van der Waals surface area contributed by atoms with Gasteiger partial charge in [0.25, 0.3) is 0 Å². The number of hydrogen-bond donors (Lipinski definition) is 1. The number of para-hydroxylation sites is 2. The van der Waals surface area contributed by atoms with E-state index in [0.717, 1.165) is 29.8 Å². The van der Waals surface area contributed by atoms with Gasteiger partial charge in [0.2, 0.25) is 0 Å². The van der Waals surface area contributed by atoms with E-state index in [-0.39, 0.29) is 30.9 Å². The van der Waals surface area contributed by atoms with Crippen LogP contribution >= 0.6 is 24.8 Å². The first-order valence-corrected chi connectivity index (χ1v) is 8.33. The molecule has 0 aliphatic carbocycles. The van der Waals surface area contributed by atoms with Gasteiger partial charge >= 0.3 is 6.55 Å². The van der Waals surface area contributed by atoms with E-state index < -0.39 is 6.55 Å². The molecule has 3 aromatic rings. The highest BCUT2D eigenvalue weighted by Crippen LogP contribution is 2.27. The third kappa shape index (κ3) is 4.38. The lowest BCUT2D eigenvalue weighted by Crippen LogP contribution is -2.45. The summed E-state index contributed by atoms with van der Waals surface area (Å²) in [5, 5.41) is 3.37. The lowest BCUT2D eigenvalue weighted by atomic mass is 10.1. The number of pyridine rings is 1. The van der Waals surface area contributed by atoms with Crippen LogP contribution in [0.5, 0.6) is 0 Å². The molecule has 3 heterocycles. The molecule has 1 unspecified atom stereocenters. The first-order valence-electron chi connectivity index (χ1n) is 8.33. The highest BCUT2D eigenvalue weighted by Gasteiger charge is 2.27. The number of nitrogens with zero attached hydrogens (tertiary/aromatic N) is 4. The summed E-state index contributed by atoms with van der Waals surface area (Å²) in [6.45, 7) is 0.126. The second-order valence-corrected chi connectivity index (χ2v) is 6.14. The van der Waals surface area contributed by atoms with Crippen LogP contribution in [-0.4, -0.2) is 39.1 Å². The fraction of sp³-hybridized carbons (Fsp3) is 0.333. The Kier molecular flexibility index (Phi) is 7.49. The fourth-order valence-electron chi connectivity index (χ4n) is 3.44. The van der Waals surface area contributed by atoms with Crippen molar-refractivity contribution in [3.8, 4) is 0 Å². The molecule has 1 aliphatic heterocycles. The summed E-state index contributed by atoms with van der Waals surface area (Å²) < 4.78 is 28.3. The molecule has 0 amide bonds. The number of fused-ring (bicyclic) bond motifs is 1. The van der Waals surface area contributed by atoms with Crippen LogP contribution in [0.3, 0.4) is 0 Å². The predicted molar refractivity (Wildman–Crippen MR) is 106 cm³/mol. The molecule has 4 rings (SSSR count). The summed E-state index contributed by atoms with van der Waals surface area (Å²) in [6, 6.07) is 11.1. The Morgan fingerprint density at radius 1 is 1.15 bits per heavy atom. The summed E-state index contributed by atoms with van der Waals surface area (Å²) in [4.78, 5) is 10.8. The number of piperazine rings is 1. The third-order valence-corrected chi connectivity index (χ3v) is 4.63. The van der Waals surface area contributed by atoms with E-state index >= 15 is 0 Å². The minimum atomic E-state index is -2.61. The van der Waals surface area contributed by atoms with E-state index in [9.17, 15) is 8.78 Å². The number of hydrogen-bond acceptors (Lipinski definition) is 4. The average molecular weight is 416 g/mol. The molecule has 1 aliphatic rings. The van der Waals surface area contributed by atoms with Crippen molar-refractivity contribution >= 4 is 35.8 Å². The summed E-state index contributed by atoms with van der Waals surface area (Å²) in [7, 11) is 0. The zero-order valence-corrected chi connectivity index (χ0v) is 16.1. The van der Waals surface area contributed by atoms with Gasteiger partial charge in [-0.25, -0.2) is 4.98 Å². The van der Waals surface area contributed by atoms with Crippen molar-refractivity contribution in [3.63, 3.8) is 0 Å². The van der Waals surface area contributed by atoms with Crippen molar-refractivity contribution < 1.29 is 8.78 Å². The second-order valence-electron chi connectivity index (χ2n) is 6.14. The van der Waals surface area contributed by atoms with Crippen LogP contribution in [0.1, 0.15) is 24.0 Å². The van der Waals surface area contributed by atoms with E-state index in [0.29, 0.717) is 23.4 Å². The number of alkyl halides is 2. The van der Waals surface area contributed by atoms with E-state index in [4.69, 9.17) is 0 Å². The lowest BCUT2D eigenvalue weighted by Gasteiger charge is -2.36. The summed E-state index contributed by atoms with van der Waals surface area (Å²) in [5.74, 6) is 0.395. The summed E-state index contributed by atoms with van der Waals surface area (Å²) >= 11 is 0. The topological polar surface area (TPSA) is 46.0 Å². The molecule has 27 heavy (non-hydrogen) atoms. The van der Waals surface area contributed by atoms with E-state index in [1.807, 2.05) is 24.4 Å². The number of halogens is 4. The Morgan fingerprint density at radius 2 is 1.96 bits per heavy atom. The zero-order chi connectivity index (χ0) is 17.2. The number of rotatable bonds is 4. The standard InChI is InChI=1S/C18H19F2N5.2ClH/c19-18(20)25-15-6-2-1-5-14(15)23-17(25)12-24-9-8-22-11-16(24)13-4-3-7-21-10-13;;/h1-7,10,16,18,22H,8-9,11-12H2;2*1H. The van der Waals surface area contributed by atoms with Crippen LogP contribution in [0.4, 0.5) is 8.78 Å². The Labute approximate surface area is 168 Å². The van der Waals surface area contributed by atoms with Gasteiger partial charge in [0, 0.05) is 38.1 Å². The van der Waals surface area contributed by atoms with E-state index in [1.54, 1.807) is 24.4 Å². The van der Waals surface area contributed by atoms with Crippen molar-refractivity contribution in [3.05, 3.63) is 60.2 Å². The first-order chi connectivity index (χ1) is 12.2. The van der Waals surface area contributed by atoms with Gasteiger partial charge in [-0.3, -0.25) is 14.5 Å². The maximum Gasteiger partial charge on any atom is 0.320 e. The smallest absolute Gasteiger partial charge is 0.314 e. The maximum absolute atomic E-state index is 13.6. The molecule has 0 saturated carbocycles. The summed E-state index contributed by atoms with van der Waals surface area (Å²) in [5.41, 5.74) is 2.15. The van der Waals surface area contributed by atoms with Gasteiger partial charge in [0.1, 0.15) is 5.82 Å². The van der Waals surface area contributed by atoms with Gasteiger partial charge in [0.15, 0.2) is 0 Å². The Balaban J connectivity index is 0.00000131. The van der Waals surface area contributed by atoms with Crippen molar-refractivity contribution in [2.45, 2.75) is 19.1 Å². The molecular formula is C18H21Cl2F2N5. The second kappa shape index (κ2) is 9.41. The monoisotopic (exact) mass is 415 g/mol. The SMILES string of the molecule is Cl.Cl.FC(F)n1c(CN2CCNCC2c2cccnc2)nc2ccccc21. The molecule has 0 radical (unpaired) electrons. The molecule has 0 bridgehead atoms. The van der Waals surface area contributed by atoms with Gasteiger partial charge in [-0.15, -0.1) is 24.8 Å². The molecule has 146 valence electrons. The van der Waals surface area contributed by atoms with Gasteiger partial charge in [-0.2, -0.15) is 8.78 Å². The number of imidazole rings is 1. The average Bonchev–Trinajstić information content (AvgIpc) is 3.01. The maximum atomic E-state index is 13.6. The van der Waals surface area contributed by atoms with Crippen LogP contribution in [0.25, 0.3) is 11.0 Å². The van der Waals surface area contributed by atoms with Crippen LogP contribution in [-0.2, 0) is 6.54 Å². The number of aromatic nitrogens is 3. The molecule has 9 heteroatoms. The molecule has 1 atom stereocenters. The number of nitrogens with one attached hydrogen (secondary N) is 1. The van der Waals surface area contributed by atoms with E-state index in [2.05, 4.69) is 20.2 Å². The largest absolute Gasteiger partial charge is 0.320 e. The highest BCUT2D eigenvalue weighted by atomic mass is 35.5. The molecule has 0 spiro atoms. The van der Waals surface area contributed by atoms with Gasteiger partial charge in [-0.1, -0.05) is 18.2 Å². The van der Waals surface area contributed by atoms with E-state index in [1.165, 1.54) is 0 Å². The molecule has 1 saturated heterocycles. The highest BCUT2D eigenvalue weighted by molar-refractivity contribution is 5.85. The normalized spacial score (nSPS) is 17.5. The minimum absolute atomic E-state index is 0. The summed E-state index contributed by atoms with van der Waals surface area (Å²) in [6.07, 6.45) is 3.57. The van der Waals surface area contributed by atoms with Crippen LogP contribution < -0.4 is 5.32 Å². The Hall–Kier alpha value is -1.80. The fourth-order valence-corrected chi connectivity index (χ4v) is 3.44. The molecule has 1 fully saturated rings.